The topological polar surface area (TPSA) is 80.6 Å². The van der Waals surface area contributed by atoms with E-state index in [0.29, 0.717) is 12.1 Å². The predicted octanol–water partition coefficient (Wildman–Crippen LogP) is 4.01. The van der Waals surface area contributed by atoms with Crippen molar-refractivity contribution < 1.29 is 17.9 Å². The van der Waals surface area contributed by atoms with Crippen LogP contribution in [0.3, 0.4) is 0 Å². The number of nitrogens with zero attached hydrogens (tertiary/aromatic N) is 2. The first kappa shape index (κ1) is 22.9. The van der Waals surface area contributed by atoms with Crippen LogP contribution in [0.5, 0.6) is 5.75 Å². The number of aryl methyl sites for hydroxylation is 1. The van der Waals surface area contributed by atoms with Gasteiger partial charge in [0.15, 0.2) is 0 Å². The van der Waals surface area contributed by atoms with E-state index in [-0.39, 0.29) is 28.6 Å². The van der Waals surface area contributed by atoms with Gasteiger partial charge in [0.05, 0.1) is 13.2 Å². The van der Waals surface area contributed by atoms with E-state index in [9.17, 15) is 13.2 Å². The van der Waals surface area contributed by atoms with E-state index in [2.05, 4.69) is 15.4 Å². The molecule has 4 rings (SSSR count). The van der Waals surface area contributed by atoms with Crippen molar-refractivity contribution in [2.24, 2.45) is 7.05 Å². The van der Waals surface area contributed by atoms with Crippen LogP contribution in [0.1, 0.15) is 73.5 Å². The summed E-state index contributed by atoms with van der Waals surface area (Å²) in [5.74, 6) is 0.111. The summed E-state index contributed by atoms with van der Waals surface area (Å²) in [6, 6.07) is 8.71. The molecule has 2 heterocycles. The van der Waals surface area contributed by atoms with Crippen LogP contribution in [-0.4, -0.2) is 43.5 Å². The molecule has 174 valence electrons. The Labute approximate surface area is 190 Å². The molecule has 1 aromatic carbocycles. The SMILES string of the molecule is COc1ccc(C(=O)N2CCCCC[C@H]2c2cccn2C)cc1S(=O)(=O)NC1CCCC1. The van der Waals surface area contributed by atoms with Crippen LogP contribution >= 0.6 is 0 Å². The highest BCUT2D eigenvalue weighted by atomic mass is 32.2. The number of hydrogen-bond donors (Lipinski definition) is 1. The number of carbonyl (C=O) groups is 1. The third kappa shape index (κ3) is 4.71. The minimum atomic E-state index is -3.79. The Kier molecular flexibility index (Phi) is 6.90. The minimum absolute atomic E-state index is 0.0243. The monoisotopic (exact) mass is 459 g/mol. The fourth-order valence-corrected chi connectivity index (χ4v) is 6.49. The van der Waals surface area contributed by atoms with E-state index in [1.54, 1.807) is 12.1 Å². The number of nitrogens with one attached hydrogen (secondary N) is 1. The van der Waals surface area contributed by atoms with Crippen molar-refractivity contribution in [1.82, 2.24) is 14.2 Å². The zero-order valence-corrected chi connectivity index (χ0v) is 19.7. The Morgan fingerprint density at radius 3 is 2.50 bits per heavy atom. The van der Waals surface area contributed by atoms with Gasteiger partial charge in [-0.15, -0.1) is 0 Å². The van der Waals surface area contributed by atoms with Crippen LogP contribution < -0.4 is 9.46 Å². The Hall–Kier alpha value is -2.32. The van der Waals surface area contributed by atoms with Gasteiger partial charge in [-0.3, -0.25) is 4.79 Å². The first-order valence-corrected chi connectivity index (χ1v) is 13.0. The zero-order chi connectivity index (χ0) is 22.7. The fourth-order valence-electron chi connectivity index (χ4n) is 4.99. The second kappa shape index (κ2) is 9.67. The molecule has 0 radical (unpaired) electrons. The molecule has 1 aliphatic heterocycles. The number of rotatable bonds is 6. The highest BCUT2D eigenvalue weighted by Gasteiger charge is 2.31. The third-order valence-corrected chi connectivity index (χ3v) is 8.26. The summed E-state index contributed by atoms with van der Waals surface area (Å²) in [6.45, 7) is 0.656. The van der Waals surface area contributed by atoms with Crippen LogP contribution in [0.15, 0.2) is 41.4 Å². The van der Waals surface area contributed by atoms with E-state index >= 15 is 0 Å². The summed E-state index contributed by atoms with van der Waals surface area (Å²) in [7, 11) is -0.348. The van der Waals surface area contributed by atoms with Gasteiger partial charge in [0, 0.05) is 37.1 Å². The number of ether oxygens (including phenoxy) is 1. The molecule has 1 aromatic heterocycles. The number of sulfonamides is 1. The van der Waals surface area contributed by atoms with Gasteiger partial charge in [0.1, 0.15) is 10.6 Å². The Balaban J connectivity index is 1.66. The van der Waals surface area contributed by atoms with Crippen LogP contribution in [0, 0.1) is 0 Å². The quantitative estimate of drug-likeness (QED) is 0.708. The normalized spacial score (nSPS) is 20.3. The maximum absolute atomic E-state index is 13.7. The van der Waals surface area contributed by atoms with Crippen LogP contribution in [0.25, 0.3) is 0 Å². The molecule has 1 N–H and O–H groups in total. The average molecular weight is 460 g/mol. The van der Waals surface area contributed by atoms with Gasteiger partial charge in [0.2, 0.25) is 10.0 Å². The lowest BCUT2D eigenvalue weighted by Crippen LogP contribution is -2.36. The van der Waals surface area contributed by atoms with Crippen LogP contribution in [-0.2, 0) is 17.1 Å². The van der Waals surface area contributed by atoms with Gasteiger partial charge in [-0.05, 0) is 56.0 Å². The van der Waals surface area contributed by atoms with E-state index in [4.69, 9.17) is 4.74 Å². The molecule has 1 atom stereocenters. The number of aromatic nitrogens is 1. The van der Waals surface area contributed by atoms with Gasteiger partial charge in [-0.1, -0.05) is 25.7 Å². The summed E-state index contributed by atoms with van der Waals surface area (Å²) in [4.78, 5) is 15.6. The van der Waals surface area contributed by atoms with Crippen molar-refractivity contribution in [2.75, 3.05) is 13.7 Å². The molecule has 1 saturated carbocycles. The van der Waals surface area contributed by atoms with Crippen molar-refractivity contribution in [3.63, 3.8) is 0 Å². The molecule has 1 amide bonds. The van der Waals surface area contributed by atoms with Crippen molar-refractivity contribution in [2.45, 2.75) is 68.3 Å². The molecule has 1 saturated heterocycles. The molecule has 0 bridgehead atoms. The first-order chi connectivity index (χ1) is 15.4. The van der Waals surface area contributed by atoms with Crippen LogP contribution in [0.2, 0.25) is 0 Å². The first-order valence-electron chi connectivity index (χ1n) is 11.5. The molecular weight excluding hydrogens is 426 g/mol. The van der Waals surface area contributed by atoms with E-state index in [0.717, 1.165) is 57.1 Å². The Morgan fingerprint density at radius 1 is 1.06 bits per heavy atom. The van der Waals surface area contributed by atoms with Crippen molar-refractivity contribution in [3.05, 3.63) is 47.8 Å². The van der Waals surface area contributed by atoms with Crippen molar-refractivity contribution in [3.8, 4) is 5.75 Å². The Morgan fingerprint density at radius 2 is 1.81 bits per heavy atom. The van der Waals surface area contributed by atoms with Gasteiger partial charge >= 0.3 is 0 Å². The van der Waals surface area contributed by atoms with Crippen molar-refractivity contribution in [1.29, 1.82) is 0 Å². The maximum Gasteiger partial charge on any atom is 0.254 e. The number of amides is 1. The lowest BCUT2D eigenvalue weighted by molar-refractivity contribution is 0.0674. The molecule has 2 aromatic rings. The number of likely N-dealkylation sites (tertiary alicyclic amines) is 1. The highest BCUT2D eigenvalue weighted by molar-refractivity contribution is 7.89. The standard InChI is InChI=1S/C24H33N3O4S/c1-26-15-8-12-20(26)21-11-4-3-7-16-27(21)24(28)18-13-14-22(31-2)23(17-18)32(29,30)25-19-9-5-6-10-19/h8,12-15,17,19,21,25H,3-7,9-11,16H2,1-2H3/t21-/m0/s1. The molecule has 7 nitrogen and oxygen atoms in total. The molecule has 1 aliphatic carbocycles. The summed E-state index contributed by atoms with van der Waals surface area (Å²) >= 11 is 0. The number of methoxy groups -OCH3 is 1. The molecule has 32 heavy (non-hydrogen) atoms. The number of carbonyl (C=O) groups excluding carboxylic acids is 1. The summed E-state index contributed by atoms with van der Waals surface area (Å²) in [6.07, 6.45) is 9.71. The highest BCUT2D eigenvalue weighted by Crippen LogP contribution is 2.33. The largest absolute Gasteiger partial charge is 0.495 e. The zero-order valence-electron chi connectivity index (χ0n) is 18.9. The molecule has 0 spiro atoms. The van der Waals surface area contributed by atoms with Gasteiger partial charge in [0.25, 0.3) is 5.91 Å². The summed E-state index contributed by atoms with van der Waals surface area (Å²) in [5, 5.41) is 0. The summed E-state index contributed by atoms with van der Waals surface area (Å²) in [5.41, 5.74) is 1.48. The molecule has 0 unspecified atom stereocenters. The van der Waals surface area contributed by atoms with E-state index < -0.39 is 10.0 Å². The lowest BCUT2D eigenvalue weighted by atomic mass is 10.1. The smallest absolute Gasteiger partial charge is 0.254 e. The molecule has 2 aliphatic rings. The van der Waals surface area contributed by atoms with E-state index in [1.165, 1.54) is 13.2 Å². The predicted molar refractivity (Wildman–Crippen MR) is 123 cm³/mol. The van der Waals surface area contributed by atoms with Gasteiger partial charge in [-0.25, -0.2) is 13.1 Å². The molecule has 2 fully saturated rings. The third-order valence-electron chi connectivity index (χ3n) is 6.72. The van der Waals surface area contributed by atoms with E-state index in [1.807, 2.05) is 24.2 Å². The van der Waals surface area contributed by atoms with Crippen molar-refractivity contribution >= 4 is 15.9 Å². The molecular formula is C24H33N3O4S. The van der Waals surface area contributed by atoms with Crippen LogP contribution in [0.4, 0.5) is 0 Å². The minimum Gasteiger partial charge on any atom is -0.495 e. The van der Waals surface area contributed by atoms with Gasteiger partial charge in [-0.2, -0.15) is 0 Å². The summed E-state index contributed by atoms with van der Waals surface area (Å²) < 4.78 is 36.5. The Bertz CT molecular complexity index is 1060. The van der Waals surface area contributed by atoms with Gasteiger partial charge < -0.3 is 14.2 Å². The maximum atomic E-state index is 13.7. The molecule has 8 heteroatoms. The lowest BCUT2D eigenvalue weighted by Gasteiger charge is -2.31. The number of hydrogen-bond acceptors (Lipinski definition) is 4. The number of benzene rings is 1. The second-order valence-corrected chi connectivity index (χ2v) is 10.6. The average Bonchev–Trinajstić information content (AvgIpc) is 3.38. The second-order valence-electron chi connectivity index (χ2n) is 8.88. The fraction of sp³-hybridized carbons (Fsp3) is 0.542.